The van der Waals surface area contributed by atoms with Gasteiger partial charge in [0.1, 0.15) is 0 Å². The van der Waals surface area contributed by atoms with Gasteiger partial charge in [0.25, 0.3) is 5.91 Å². The summed E-state index contributed by atoms with van der Waals surface area (Å²) in [5.74, 6) is -0.137. The van der Waals surface area contributed by atoms with Crippen LogP contribution in [0.15, 0.2) is 72.8 Å². The molecule has 0 aliphatic heterocycles. The molecule has 0 unspecified atom stereocenters. The van der Waals surface area contributed by atoms with E-state index < -0.39 is 11.7 Å². The maximum atomic E-state index is 13.2. The lowest BCUT2D eigenvalue weighted by Gasteiger charge is -2.10. The average molecular weight is 473 g/mol. The minimum Gasteiger partial charge on any atom is -0.466 e. The third-order valence-electron chi connectivity index (χ3n) is 4.69. The van der Waals surface area contributed by atoms with E-state index in [9.17, 15) is 18.0 Å². The van der Waals surface area contributed by atoms with Crippen LogP contribution >= 0.6 is 11.6 Å². The van der Waals surface area contributed by atoms with E-state index in [0.29, 0.717) is 22.0 Å². The second-order valence-electron chi connectivity index (χ2n) is 6.92. The first-order valence-electron chi connectivity index (χ1n) is 9.60. The summed E-state index contributed by atoms with van der Waals surface area (Å²) in [5.41, 5.74) is 0.903. The fourth-order valence-electron chi connectivity index (χ4n) is 3.07. The van der Waals surface area contributed by atoms with E-state index in [1.807, 2.05) is 0 Å². The molecule has 0 aliphatic rings. The van der Waals surface area contributed by atoms with Gasteiger partial charge in [0.2, 0.25) is 0 Å². The highest BCUT2D eigenvalue weighted by Gasteiger charge is 2.31. The minimum absolute atomic E-state index is 0.00234. The van der Waals surface area contributed by atoms with Crippen LogP contribution in [0, 0.1) is 0 Å². The molecule has 10 heteroatoms. The zero-order chi connectivity index (χ0) is 23.6. The quantitative estimate of drug-likeness (QED) is 0.394. The Morgan fingerprint density at radius 1 is 1.03 bits per heavy atom. The first-order valence-corrected chi connectivity index (χ1v) is 9.98. The number of nitrogens with zero attached hydrogens (tertiary/aromatic N) is 3. The highest BCUT2D eigenvalue weighted by Crippen LogP contribution is 2.33. The van der Waals surface area contributed by atoms with Crippen molar-refractivity contribution in [2.45, 2.75) is 6.18 Å². The van der Waals surface area contributed by atoms with Crippen LogP contribution in [0.25, 0.3) is 17.1 Å². The van der Waals surface area contributed by atoms with Crippen LogP contribution in [-0.2, 0) is 6.18 Å². The minimum atomic E-state index is -4.49. The lowest BCUT2D eigenvalue weighted by molar-refractivity contribution is -0.137. The molecule has 1 aromatic heterocycles. The second kappa shape index (κ2) is 8.95. The van der Waals surface area contributed by atoms with E-state index in [4.69, 9.17) is 16.3 Å². The molecule has 1 heterocycles. The van der Waals surface area contributed by atoms with Gasteiger partial charge in [-0.1, -0.05) is 23.7 Å². The predicted octanol–water partition coefficient (Wildman–Crippen LogP) is 5.87. The van der Waals surface area contributed by atoms with Crippen LogP contribution in [0.4, 0.5) is 18.9 Å². The number of halogens is 4. The Labute approximate surface area is 191 Å². The summed E-state index contributed by atoms with van der Waals surface area (Å²) in [4.78, 5) is 16.6. The van der Waals surface area contributed by atoms with E-state index >= 15 is 0 Å². The zero-order valence-corrected chi connectivity index (χ0v) is 17.9. The molecule has 4 rings (SSSR count). The van der Waals surface area contributed by atoms with Crippen molar-refractivity contribution in [3.8, 4) is 23.1 Å². The predicted molar refractivity (Wildman–Crippen MR) is 118 cm³/mol. The summed E-state index contributed by atoms with van der Waals surface area (Å²) in [6, 6.07) is 17.9. The van der Waals surface area contributed by atoms with Gasteiger partial charge >= 0.3 is 12.2 Å². The van der Waals surface area contributed by atoms with Crippen molar-refractivity contribution in [1.82, 2.24) is 14.8 Å². The number of hydrogen-bond donors (Lipinski definition) is 1. The highest BCUT2D eigenvalue weighted by atomic mass is 35.5. The Morgan fingerprint density at radius 2 is 1.73 bits per heavy atom. The molecular formula is C23H16ClF3N4O2. The number of alkyl halides is 3. The number of benzene rings is 3. The van der Waals surface area contributed by atoms with Gasteiger partial charge in [0.15, 0.2) is 5.82 Å². The topological polar surface area (TPSA) is 69.0 Å². The number of anilines is 1. The molecule has 0 spiro atoms. The molecule has 0 aliphatic carbocycles. The smallest absolute Gasteiger partial charge is 0.416 e. The number of carbonyl (C=O) groups excluding carboxylic acids is 1. The number of aromatic nitrogens is 3. The second-order valence-corrected chi connectivity index (χ2v) is 7.36. The molecule has 33 heavy (non-hydrogen) atoms. The van der Waals surface area contributed by atoms with Gasteiger partial charge in [-0.25, -0.2) is 4.68 Å². The summed E-state index contributed by atoms with van der Waals surface area (Å²) in [7, 11) is 1.37. The summed E-state index contributed by atoms with van der Waals surface area (Å²) in [6.07, 6.45) is -4.49. The van der Waals surface area contributed by atoms with Crippen LogP contribution in [0.3, 0.4) is 0 Å². The van der Waals surface area contributed by atoms with Gasteiger partial charge in [-0.2, -0.15) is 18.2 Å². The molecule has 1 N–H and O–H groups in total. The van der Waals surface area contributed by atoms with Crippen LogP contribution in [0.2, 0.25) is 5.02 Å². The molecule has 0 bridgehead atoms. The first-order chi connectivity index (χ1) is 15.7. The lowest BCUT2D eigenvalue weighted by Crippen LogP contribution is -2.11. The van der Waals surface area contributed by atoms with Crippen molar-refractivity contribution >= 4 is 23.2 Å². The van der Waals surface area contributed by atoms with Gasteiger partial charge in [0, 0.05) is 21.8 Å². The molecule has 168 valence electrons. The maximum Gasteiger partial charge on any atom is 0.416 e. The monoisotopic (exact) mass is 472 g/mol. The lowest BCUT2D eigenvalue weighted by atomic mass is 10.1. The number of amides is 1. The maximum absolute atomic E-state index is 13.2. The third-order valence-corrected chi connectivity index (χ3v) is 4.95. The summed E-state index contributed by atoms with van der Waals surface area (Å²) in [6.45, 7) is 0. The van der Waals surface area contributed by atoms with E-state index in [1.165, 1.54) is 23.9 Å². The number of hydrogen-bond acceptors (Lipinski definition) is 4. The molecule has 0 fully saturated rings. The van der Waals surface area contributed by atoms with Crippen molar-refractivity contribution in [1.29, 1.82) is 0 Å². The van der Waals surface area contributed by atoms with E-state index in [0.717, 1.165) is 12.1 Å². The van der Waals surface area contributed by atoms with Crippen molar-refractivity contribution in [3.05, 3.63) is 88.9 Å². The molecule has 6 nitrogen and oxygen atoms in total. The normalized spacial score (nSPS) is 11.3. The largest absolute Gasteiger partial charge is 0.466 e. The Bertz CT molecular complexity index is 1290. The Kier molecular flexibility index (Phi) is 6.06. The number of carbonyl (C=O) groups is 1. The average Bonchev–Trinajstić information content (AvgIpc) is 3.24. The first kappa shape index (κ1) is 22.3. The van der Waals surface area contributed by atoms with Gasteiger partial charge in [0.05, 0.1) is 18.4 Å². The van der Waals surface area contributed by atoms with Crippen LogP contribution < -0.4 is 10.1 Å². The zero-order valence-electron chi connectivity index (χ0n) is 17.1. The van der Waals surface area contributed by atoms with E-state index in [2.05, 4.69) is 15.4 Å². The van der Waals surface area contributed by atoms with Crippen molar-refractivity contribution < 1.29 is 22.7 Å². The molecule has 1 amide bonds. The molecule has 4 aromatic rings. The molecule has 0 saturated heterocycles. The van der Waals surface area contributed by atoms with Crippen molar-refractivity contribution in [2.24, 2.45) is 0 Å². The standard InChI is InChI=1S/C23H16ClF3N4O2/c1-33-22-29-20(15-3-2-4-16(13-15)23(25,26)27)31(30-22)19-11-9-18(10-12-19)28-21(32)14-5-7-17(24)8-6-14/h2-13H,1H3,(H,28,32). The molecule has 0 radical (unpaired) electrons. The number of rotatable bonds is 5. The molecule has 0 atom stereocenters. The summed E-state index contributed by atoms with van der Waals surface area (Å²) in [5, 5.41) is 7.51. The number of ether oxygens (including phenoxy) is 1. The Balaban J connectivity index is 1.63. The number of nitrogens with one attached hydrogen (secondary N) is 1. The van der Waals surface area contributed by atoms with Gasteiger partial charge < -0.3 is 10.1 Å². The molecule has 0 saturated carbocycles. The van der Waals surface area contributed by atoms with Crippen molar-refractivity contribution in [2.75, 3.05) is 12.4 Å². The van der Waals surface area contributed by atoms with E-state index in [-0.39, 0.29) is 23.3 Å². The van der Waals surface area contributed by atoms with Crippen LogP contribution in [0.1, 0.15) is 15.9 Å². The highest BCUT2D eigenvalue weighted by molar-refractivity contribution is 6.30. The summed E-state index contributed by atoms with van der Waals surface area (Å²) < 4.78 is 45.9. The molecule has 3 aromatic carbocycles. The van der Waals surface area contributed by atoms with Gasteiger partial charge in [-0.3, -0.25) is 4.79 Å². The summed E-state index contributed by atoms with van der Waals surface area (Å²) >= 11 is 5.84. The van der Waals surface area contributed by atoms with E-state index in [1.54, 1.807) is 48.5 Å². The Hall–Kier alpha value is -3.85. The Morgan fingerprint density at radius 3 is 2.36 bits per heavy atom. The van der Waals surface area contributed by atoms with Crippen LogP contribution in [0.5, 0.6) is 6.01 Å². The fourth-order valence-corrected chi connectivity index (χ4v) is 3.20. The van der Waals surface area contributed by atoms with Gasteiger partial charge in [-0.15, -0.1) is 5.10 Å². The number of methoxy groups -OCH3 is 1. The fraction of sp³-hybridized carbons (Fsp3) is 0.0870. The third kappa shape index (κ3) is 4.98. The SMILES string of the molecule is COc1nc(-c2cccc(C(F)(F)F)c2)n(-c2ccc(NC(=O)c3ccc(Cl)cc3)cc2)n1. The molecular weight excluding hydrogens is 457 g/mol. The van der Waals surface area contributed by atoms with Crippen molar-refractivity contribution in [3.63, 3.8) is 0 Å². The van der Waals surface area contributed by atoms with Gasteiger partial charge in [-0.05, 0) is 60.7 Å². The van der Waals surface area contributed by atoms with Crippen LogP contribution in [-0.4, -0.2) is 27.8 Å².